The first-order chi connectivity index (χ1) is 13.7. The molecule has 0 fully saturated rings. The Morgan fingerprint density at radius 1 is 1.21 bits per heavy atom. The molecule has 0 atom stereocenters. The molecule has 2 aromatic heterocycles. The first-order valence-electron chi connectivity index (χ1n) is 9.10. The van der Waals surface area contributed by atoms with Crippen molar-refractivity contribution in [3.63, 3.8) is 0 Å². The summed E-state index contributed by atoms with van der Waals surface area (Å²) in [6.07, 6.45) is 0.793. The second-order valence-corrected chi connectivity index (χ2v) is 8.28. The smallest absolute Gasteiger partial charge is 0.264 e. The van der Waals surface area contributed by atoms with Crippen LogP contribution >= 0.6 is 22.7 Å². The van der Waals surface area contributed by atoms with Gasteiger partial charge in [0, 0.05) is 25.6 Å². The molecule has 0 radical (unpaired) electrons. The molecule has 0 unspecified atom stereocenters. The molecule has 0 N–H and O–H groups in total. The van der Waals surface area contributed by atoms with Crippen LogP contribution in [0.2, 0.25) is 0 Å². The zero-order valence-electron chi connectivity index (χ0n) is 16.1. The molecule has 148 valence electrons. The van der Waals surface area contributed by atoms with E-state index in [4.69, 9.17) is 9.47 Å². The molecule has 7 heteroatoms. The number of thiazole rings is 1. The van der Waals surface area contributed by atoms with E-state index in [9.17, 15) is 4.79 Å². The molecule has 5 nitrogen and oxygen atoms in total. The summed E-state index contributed by atoms with van der Waals surface area (Å²) in [6, 6.07) is 11.7. The standard InChI is InChI=1S/C21H24N2O3S2/c1-16-6-3-7-18(12-16)26-14-20-22-17(15-28-20)13-23(9-5-10-25-2)21(24)19-8-4-11-27-19/h3-4,6-8,11-12,15H,5,9-10,13-14H2,1-2H3. The van der Waals surface area contributed by atoms with Crippen molar-refractivity contribution in [2.75, 3.05) is 20.3 Å². The first-order valence-corrected chi connectivity index (χ1v) is 10.9. The highest BCUT2D eigenvalue weighted by atomic mass is 32.1. The Balaban J connectivity index is 1.61. The van der Waals surface area contributed by atoms with Crippen LogP contribution in [0.25, 0.3) is 0 Å². The molecule has 1 amide bonds. The lowest BCUT2D eigenvalue weighted by atomic mass is 10.2. The summed E-state index contributed by atoms with van der Waals surface area (Å²) in [5, 5.41) is 4.82. The average molecular weight is 417 g/mol. The molecule has 0 aliphatic heterocycles. The number of methoxy groups -OCH3 is 1. The quantitative estimate of drug-likeness (QED) is 0.447. The number of rotatable bonds is 10. The molecule has 0 aliphatic rings. The van der Waals surface area contributed by atoms with Crippen LogP contribution in [-0.2, 0) is 17.9 Å². The van der Waals surface area contributed by atoms with Crippen molar-refractivity contribution >= 4 is 28.6 Å². The van der Waals surface area contributed by atoms with E-state index in [1.54, 1.807) is 18.4 Å². The van der Waals surface area contributed by atoms with E-state index in [1.165, 1.54) is 11.3 Å². The highest BCUT2D eigenvalue weighted by Crippen LogP contribution is 2.19. The number of ether oxygens (including phenoxy) is 2. The van der Waals surface area contributed by atoms with Gasteiger partial charge in [0.25, 0.3) is 5.91 Å². The third-order valence-electron chi connectivity index (χ3n) is 4.10. The van der Waals surface area contributed by atoms with Crippen LogP contribution < -0.4 is 4.74 Å². The van der Waals surface area contributed by atoms with Gasteiger partial charge >= 0.3 is 0 Å². The van der Waals surface area contributed by atoms with Crippen LogP contribution in [0.3, 0.4) is 0 Å². The SMILES string of the molecule is COCCCN(Cc1csc(COc2cccc(C)c2)n1)C(=O)c1cccs1. The number of carbonyl (C=O) groups is 1. The van der Waals surface area contributed by atoms with Gasteiger partial charge in [-0.2, -0.15) is 0 Å². The van der Waals surface area contributed by atoms with Gasteiger partial charge in [0.05, 0.1) is 17.1 Å². The van der Waals surface area contributed by atoms with Crippen molar-refractivity contribution in [2.45, 2.75) is 26.5 Å². The zero-order chi connectivity index (χ0) is 19.8. The third-order valence-corrected chi connectivity index (χ3v) is 5.83. The maximum Gasteiger partial charge on any atom is 0.264 e. The van der Waals surface area contributed by atoms with Crippen molar-refractivity contribution in [2.24, 2.45) is 0 Å². The maximum absolute atomic E-state index is 12.8. The Morgan fingerprint density at radius 3 is 2.86 bits per heavy atom. The molecule has 0 saturated heterocycles. The van der Waals surface area contributed by atoms with E-state index >= 15 is 0 Å². The minimum atomic E-state index is 0.0386. The molecular weight excluding hydrogens is 392 g/mol. The van der Waals surface area contributed by atoms with Gasteiger partial charge in [-0.25, -0.2) is 4.98 Å². The Morgan fingerprint density at radius 2 is 2.11 bits per heavy atom. The van der Waals surface area contributed by atoms with Crippen LogP contribution in [0.15, 0.2) is 47.2 Å². The summed E-state index contributed by atoms with van der Waals surface area (Å²) in [4.78, 5) is 20.0. The lowest BCUT2D eigenvalue weighted by Gasteiger charge is -2.21. The van der Waals surface area contributed by atoms with Crippen molar-refractivity contribution in [3.05, 3.63) is 68.3 Å². The lowest BCUT2D eigenvalue weighted by Crippen LogP contribution is -2.31. The summed E-state index contributed by atoms with van der Waals surface area (Å²) < 4.78 is 11.0. The predicted molar refractivity (Wildman–Crippen MR) is 113 cm³/mol. The molecule has 3 aromatic rings. The Labute approximate surface area is 173 Å². The summed E-state index contributed by atoms with van der Waals surface area (Å²) in [5.74, 6) is 0.877. The molecule has 2 heterocycles. The Hall–Kier alpha value is -2.22. The number of hydrogen-bond donors (Lipinski definition) is 0. The number of thiophene rings is 1. The number of carbonyl (C=O) groups excluding carboxylic acids is 1. The third kappa shape index (κ3) is 5.89. The molecule has 3 rings (SSSR count). The summed E-state index contributed by atoms with van der Waals surface area (Å²) in [6.45, 7) is 4.22. The number of aryl methyl sites for hydroxylation is 1. The Kier molecular flexibility index (Phi) is 7.59. The van der Waals surface area contributed by atoms with Crippen molar-refractivity contribution < 1.29 is 14.3 Å². The first kappa shape index (κ1) is 20.5. The van der Waals surface area contributed by atoms with E-state index in [2.05, 4.69) is 4.98 Å². The van der Waals surface area contributed by atoms with Gasteiger partial charge in [-0.15, -0.1) is 22.7 Å². The van der Waals surface area contributed by atoms with E-state index in [0.717, 1.165) is 33.3 Å². The fourth-order valence-electron chi connectivity index (χ4n) is 2.74. The minimum absolute atomic E-state index is 0.0386. The monoisotopic (exact) mass is 416 g/mol. The van der Waals surface area contributed by atoms with Crippen molar-refractivity contribution in [3.8, 4) is 5.75 Å². The van der Waals surface area contributed by atoms with Gasteiger partial charge in [0.15, 0.2) is 0 Å². The summed E-state index contributed by atoms with van der Waals surface area (Å²) in [7, 11) is 1.67. The molecule has 0 bridgehead atoms. The van der Waals surface area contributed by atoms with E-state index < -0.39 is 0 Å². The minimum Gasteiger partial charge on any atom is -0.486 e. The van der Waals surface area contributed by atoms with Crippen molar-refractivity contribution in [1.29, 1.82) is 0 Å². The van der Waals surface area contributed by atoms with Crippen LogP contribution in [0, 0.1) is 6.92 Å². The van der Waals surface area contributed by atoms with Gasteiger partial charge in [-0.05, 0) is 42.5 Å². The van der Waals surface area contributed by atoms with Gasteiger partial charge in [0.2, 0.25) is 0 Å². The predicted octanol–water partition coefficient (Wildman–Crippen LogP) is 4.77. The van der Waals surface area contributed by atoms with Crippen molar-refractivity contribution in [1.82, 2.24) is 9.88 Å². The highest BCUT2D eigenvalue weighted by molar-refractivity contribution is 7.12. The lowest BCUT2D eigenvalue weighted by molar-refractivity contribution is 0.0726. The number of benzene rings is 1. The molecule has 0 saturated carbocycles. The fraction of sp³-hybridized carbons (Fsp3) is 0.333. The molecular formula is C21H24N2O3S2. The second-order valence-electron chi connectivity index (χ2n) is 6.39. The second kappa shape index (κ2) is 10.4. The van der Waals surface area contributed by atoms with Crippen LogP contribution in [0.1, 0.15) is 32.4 Å². The number of amides is 1. The van der Waals surface area contributed by atoms with E-state index in [1.807, 2.05) is 59.0 Å². The highest BCUT2D eigenvalue weighted by Gasteiger charge is 2.18. The number of nitrogens with zero attached hydrogens (tertiary/aromatic N) is 2. The number of hydrogen-bond acceptors (Lipinski definition) is 6. The summed E-state index contributed by atoms with van der Waals surface area (Å²) in [5.41, 5.74) is 2.05. The van der Waals surface area contributed by atoms with Crippen LogP contribution in [0.5, 0.6) is 5.75 Å². The van der Waals surface area contributed by atoms with Gasteiger partial charge < -0.3 is 14.4 Å². The van der Waals surface area contributed by atoms with Gasteiger partial charge in [0.1, 0.15) is 17.4 Å². The largest absolute Gasteiger partial charge is 0.486 e. The summed E-state index contributed by atoms with van der Waals surface area (Å²) >= 11 is 3.02. The number of aromatic nitrogens is 1. The normalized spacial score (nSPS) is 10.8. The van der Waals surface area contributed by atoms with E-state index in [0.29, 0.717) is 26.3 Å². The Bertz CT molecular complexity index is 877. The van der Waals surface area contributed by atoms with Crippen LogP contribution in [0.4, 0.5) is 0 Å². The molecule has 0 spiro atoms. The average Bonchev–Trinajstić information content (AvgIpc) is 3.37. The van der Waals surface area contributed by atoms with Gasteiger partial charge in [-0.3, -0.25) is 4.79 Å². The maximum atomic E-state index is 12.8. The molecule has 1 aromatic carbocycles. The van der Waals surface area contributed by atoms with Gasteiger partial charge in [-0.1, -0.05) is 18.2 Å². The van der Waals surface area contributed by atoms with E-state index in [-0.39, 0.29) is 5.91 Å². The molecule has 28 heavy (non-hydrogen) atoms. The zero-order valence-corrected chi connectivity index (χ0v) is 17.7. The topological polar surface area (TPSA) is 51.7 Å². The molecule has 0 aliphatic carbocycles. The van der Waals surface area contributed by atoms with Crippen LogP contribution in [-0.4, -0.2) is 36.1 Å². The fourth-order valence-corrected chi connectivity index (χ4v) is 4.13.